The first-order valence-corrected chi connectivity index (χ1v) is 10.6. The number of carbonyl (C=O) groups excluding carboxylic acids is 1. The fourth-order valence-corrected chi connectivity index (χ4v) is 4.07. The molecule has 5 nitrogen and oxygen atoms in total. The molecular weight excluding hydrogens is 370 g/mol. The predicted octanol–water partition coefficient (Wildman–Crippen LogP) is 4.22. The van der Waals surface area contributed by atoms with E-state index < -0.39 is 0 Å². The molecule has 0 bridgehead atoms. The highest BCUT2D eigenvalue weighted by atomic mass is 32.1. The van der Waals surface area contributed by atoms with Crippen molar-refractivity contribution in [3.63, 3.8) is 0 Å². The maximum absolute atomic E-state index is 13.1. The highest BCUT2D eigenvalue weighted by Gasteiger charge is 2.34. The molecule has 146 valence electrons. The molecule has 0 saturated heterocycles. The molecule has 3 aromatic rings. The van der Waals surface area contributed by atoms with E-state index in [0.29, 0.717) is 24.9 Å². The van der Waals surface area contributed by atoms with Gasteiger partial charge in [-0.15, -0.1) is 0 Å². The normalized spacial score (nSPS) is 13.5. The third kappa shape index (κ3) is 4.44. The third-order valence-electron chi connectivity index (χ3n) is 4.96. The Kier molecular flexibility index (Phi) is 5.48. The van der Waals surface area contributed by atoms with Crippen molar-refractivity contribution in [2.75, 3.05) is 6.61 Å². The Bertz CT molecular complexity index is 945. The molecule has 1 aromatic carbocycles. The summed E-state index contributed by atoms with van der Waals surface area (Å²) in [5, 5.41) is 8.56. The van der Waals surface area contributed by atoms with Gasteiger partial charge in [-0.05, 0) is 65.9 Å². The average Bonchev–Trinajstić information content (AvgIpc) is 3.28. The van der Waals surface area contributed by atoms with Gasteiger partial charge in [-0.25, -0.2) is 0 Å². The number of amides is 1. The summed E-state index contributed by atoms with van der Waals surface area (Å²) in [6, 6.07) is 12.4. The van der Waals surface area contributed by atoms with Crippen molar-refractivity contribution in [2.24, 2.45) is 7.05 Å². The zero-order valence-corrected chi connectivity index (χ0v) is 17.1. The molecule has 2 heterocycles. The van der Waals surface area contributed by atoms with Crippen molar-refractivity contribution in [1.82, 2.24) is 14.7 Å². The van der Waals surface area contributed by atoms with Crippen LogP contribution in [0.4, 0.5) is 0 Å². The molecule has 1 aliphatic carbocycles. The van der Waals surface area contributed by atoms with E-state index in [0.717, 1.165) is 36.3 Å². The molecular formula is C22H25N3O2S. The predicted molar refractivity (Wildman–Crippen MR) is 111 cm³/mol. The van der Waals surface area contributed by atoms with Crippen LogP contribution in [-0.4, -0.2) is 33.2 Å². The fraction of sp³-hybridized carbons (Fsp3) is 0.364. The smallest absolute Gasteiger partial charge is 0.272 e. The number of thiophene rings is 1. The number of hydrogen-bond donors (Lipinski definition) is 0. The Hall–Kier alpha value is -2.60. The SMILES string of the molecule is Cc1cc(C(=O)N(Cc2cccc(OCCc3ccsc3)c2)C2CC2)n(C)n1. The van der Waals surface area contributed by atoms with Crippen LogP contribution >= 0.6 is 11.3 Å². The molecule has 1 saturated carbocycles. The van der Waals surface area contributed by atoms with Gasteiger partial charge in [-0.2, -0.15) is 16.4 Å². The van der Waals surface area contributed by atoms with Crippen molar-refractivity contribution in [3.8, 4) is 5.75 Å². The highest BCUT2D eigenvalue weighted by Crippen LogP contribution is 2.30. The molecule has 28 heavy (non-hydrogen) atoms. The van der Waals surface area contributed by atoms with Gasteiger partial charge in [0, 0.05) is 26.1 Å². The number of nitrogens with zero attached hydrogens (tertiary/aromatic N) is 3. The number of benzene rings is 1. The van der Waals surface area contributed by atoms with Gasteiger partial charge in [-0.3, -0.25) is 9.48 Å². The van der Waals surface area contributed by atoms with E-state index in [2.05, 4.69) is 28.0 Å². The zero-order valence-electron chi connectivity index (χ0n) is 16.3. The second-order valence-corrected chi connectivity index (χ2v) is 8.12. The van der Waals surface area contributed by atoms with E-state index in [1.807, 2.05) is 43.1 Å². The maximum atomic E-state index is 13.1. The summed E-state index contributed by atoms with van der Waals surface area (Å²) < 4.78 is 7.61. The molecule has 6 heteroatoms. The topological polar surface area (TPSA) is 47.4 Å². The summed E-state index contributed by atoms with van der Waals surface area (Å²) in [6.45, 7) is 3.16. The number of aromatic nitrogens is 2. The number of aryl methyl sites for hydroxylation is 2. The summed E-state index contributed by atoms with van der Waals surface area (Å²) in [5.41, 5.74) is 3.90. The summed E-state index contributed by atoms with van der Waals surface area (Å²) in [7, 11) is 1.83. The van der Waals surface area contributed by atoms with E-state index in [4.69, 9.17) is 4.74 Å². The van der Waals surface area contributed by atoms with E-state index in [1.54, 1.807) is 16.0 Å². The van der Waals surface area contributed by atoms with Crippen molar-refractivity contribution in [1.29, 1.82) is 0 Å². The molecule has 1 amide bonds. The molecule has 0 aliphatic heterocycles. The highest BCUT2D eigenvalue weighted by molar-refractivity contribution is 7.07. The van der Waals surface area contributed by atoms with E-state index >= 15 is 0 Å². The lowest BCUT2D eigenvalue weighted by Gasteiger charge is -2.23. The van der Waals surface area contributed by atoms with Crippen LogP contribution in [-0.2, 0) is 20.0 Å². The molecule has 0 radical (unpaired) electrons. The largest absolute Gasteiger partial charge is 0.493 e. The lowest BCUT2D eigenvalue weighted by atomic mass is 10.2. The van der Waals surface area contributed by atoms with Crippen molar-refractivity contribution >= 4 is 17.2 Å². The maximum Gasteiger partial charge on any atom is 0.272 e. The van der Waals surface area contributed by atoms with Gasteiger partial charge in [0.1, 0.15) is 11.4 Å². The summed E-state index contributed by atoms with van der Waals surface area (Å²) in [5.74, 6) is 0.904. The molecule has 0 unspecified atom stereocenters. The van der Waals surface area contributed by atoms with Crippen molar-refractivity contribution in [2.45, 2.75) is 38.8 Å². The van der Waals surface area contributed by atoms with Crippen LogP contribution in [0.2, 0.25) is 0 Å². The summed E-state index contributed by atoms with van der Waals surface area (Å²) >= 11 is 1.71. The Balaban J connectivity index is 1.42. The molecule has 1 aliphatic rings. The molecule has 4 rings (SSSR count). The van der Waals surface area contributed by atoms with Gasteiger partial charge >= 0.3 is 0 Å². The summed E-state index contributed by atoms with van der Waals surface area (Å²) in [6.07, 6.45) is 3.04. The van der Waals surface area contributed by atoms with E-state index in [9.17, 15) is 4.79 Å². The monoisotopic (exact) mass is 395 g/mol. The van der Waals surface area contributed by atoms with Crippen LogP contribution < -0.4 is 4.74 Å². The van der Waals surface area contributed by atoms with Crippen molar-refractivity contribution < 1.29 is 9.53 Å². The Morgan fingerprint density at radius 2 is 2.14 bits per heavy atom. The van der Waals surface area contributed by atoms with Crippen LogP contribution in [0, 0.1) is 6.92 Å². The van der Waals surface area contributed by atoms with E-state index in [1.165, 1.54) is 5.56 Å². The number of rotatable bonds is 8. The minimum Gasteiger partial charge on any atom is -0.493 e. The van der Waals surface area contributed by atoms with Crippen LogP contribution in [0.1, 0.15) is 40.2 Å². The summed E-state index contributed by atoms with van der Waals surface area (Å²) in [4.78, 5) is 15.1. The van der Waals surface area contributed by atoms with Gasteiger partial charge < -0.3 is 9.64 Å². The Morgan fingerprint density at radius 3 is 2.82 bits per heavy atom. The lowest BCUT2D eigenvalue weighted by molar-refractivity contribution is 0.0718. The molecule has 0 atom stereocenters. The number of ether oxygens (including phenoxy) is 1. The molecule has 2 aromatic heterocycles. The second-order valence-electron chi connectivity index (χ2n) is 7.34. The standard InChI is InChI=1S/C22H25N3O2S/c1-16-12-21(24(2)23-16)22(26)25(19-6-7-19)14-18-4-3-5-20(13-18)27-10-8-17-9-11-28-15-17/h3-5,9,11-13,15,19H,6-8,10,14H2,1-2H3. The fourth-order valence-electron chi connectivity index (χ4n) is 3.36. The van der Waals surface area contributed by atoms with Crippen molar-refractivity contribution in [3.05, 3.63) is 69.7 Å². The quantitative estimate of drug-likeness (QED) is 0.574. The Labute approximate surface area is 169 Å². The van der Waals surface area contributed by atoms with Gasteiger partial charge in [0.2, 0.25) is 0 Å². The Morgan fingerprint density at radius 1 is 1.29 bits per heavy atom. The van der Waals surface area contributed by atoms with Gasteiger partial charge in [0.05, 0.1) is 12.3 Å². The molecule has 1 fully saturated rings. The first-order valence-electron chi connectivity index (χ1n) is 9.64. The van der Waals surface area contributed by atoms with Gasteiger partial charge in [0.15, 0.2) is 0 Å². The molecule has 0 N–H and O–H groups in total. The number of carbonyl (C=O) groups is 1. The minimum absolute atomic E-state index is 0.0504. The second kappa shape index (κ2) is 8.19. The zero-order chi connectivity index (χ0) is 19.5. The van der Waals surface area contributed by atoms with Crippen LogP contribution in [0.3, 0.4) is 0 Å². The van der Waals surface area contributed by atoms with Crippen LogP contribution in [0.5, 0.6) is 5.75 Å². The van der Waals surface area contributed by atoms with Gasteiger partial charge in [0.25, 0.3) is 5.91 Å². The average molecular weight is 396 g/mol. The van der Waals surface area contributed by atoms with Crippen LogP contribution in [0.15, 0.2) is 47.2 Å². The van der Waals surface area contributed by atoms with Crippen LogP contribution in [0.25, 0.3) is 0 Å². The lowest BCUT2D eigenvalue weighted by Crippen LogP contribution is -2.33. The van der Waals surface area contributed by atoms with E-state index in [-0.39, 0.29) is 5.91 Å². The number of hydrogen-bond acceptors (Lipinski definition) is 4. The first-order chi connectivity index (χ1) is 13.6. The molecule has 0 spiro atoms. The third-order valence-corrected chi connectivity index (χ3v) is 5.69. The first kappa shape index (κ1) is 18.7. The van der Waals surface area contributed by atoms with Gasteiger partial charge in [-0.1, -0.05) is 12.1 Å². The minimum atomic E-state index is 0.0504.